The molecule has 0 bridgehead atoms. The van der Waals surface area contributed by atoms with Crippen LogP contribution in [0.2, 0.25) is 5.02 Å². The number of fused-ring (bicyclic) bond motifs is 1. The van der Waals surface area contributed by atoms with Crippen molar-refractivity contribution in [1.29, 1.82) is 0 Å². The van der Waals surface area contributed by atoms with Gasteiger partial charge in [-0.1, -0.05) is 30.2 Å². The van der Waals surface area contributed by atoms with E-state index in [1.807, 2.05) is 13.0 Å². The van der Waals surface area contributed by atoms with E-state index >= 15 is 0 Å². The fraction of sp³-hybridized carbons (Fsp3) is 0.625. The van der Waals surface area contributed by atoms with E-state index in [0.29, 0.717) is 12.5 Å². The van der Waals surface area contributed by atoms with Crippen LogP contribution in [-0.4, -0.2) is 34.7 Å². The van der Waals surface area contributed by atoms with Gasteiger partial charge in [-0.3, -0.25) is 4.90 Å². The zero-order valence-electron chi connectivity index (χ0n) is 11.5. The van der Waals surface area contributed by atoms with Crippen LogP contribution in [0, 0.1) is 6.92 Å². The lowest BCUT2D eigenvalue weighted by molar-refractivity contribution is -0.00885. The van der Waals surface area contributed by atoms with Crippen molar-refractivity contribution in [2.45, 2.75) is 50.7 Å². The number of hydrogen-bond donors (Lipinski definition) is 1. The van der Waals surface area contributed by atoms with E-state index in [1.54, 1.807) is 0 Å². The lowest BCUT2D eigenvalue weighted by atomic mass is 9.83. The summed E-state index contributed by atoms with van der Waals surface area (Å²) in [5.74, 6) is 0. The number of benzene rings is 1. The third-order valence-electron chi connectivity index (χ3n) is 4.77. The zero-order chi connectivity index (χ0) is 13.5. The van der Waals surface area contributed by atoms with Gasteiger partial charge in [0.1, 0.15) is 0 Å². The molecule has 2 heterocycles. The fourth-order valence-electron chi connectivity index (χ4n) is 3.70. The molecule has 2 nitrogen and oxygen atoms in total. The molecule has 104 valence electrons. The van der Waals surface area contributed by atoms with Gasteiger partial charge >= 0.3 is 0 Å². The molecule has 2 atom stereocenters. The number of aliphatic hydroxyl groups is 1. The van der Waals surface area contributed by atoms with Crippen LogP contribution in [0.25, 0.3) is 0 Å². The Morgan fingerprint density at radius 2 is 2.21 bits per heavy atom. The molecule has 3 heteroatoms. The normalized spacial score (nSPS) is 31.4. The van der Waals surface area contributed by atoms with E-state index in [1.165, 1.54) is 18.4 Å². The minimum absolute atomic E-state index is 0.332. The molecule has 0 radical (unpaired) electrons. The first-order valence-corrected chi connectivity index (χ1v) is 7.68. The van der Waals surface area contributed by atoms with Gasteiger partial charge < -0.3 is 5.11 Å². The van der Waals surface area contributed by atoms with E-state index in [9.17, 15) is 5.11 Å². The smallest absolute Gasteiger partial charge is 0.0854 e. The number of rotatable bonds is 2. The number of nitrogens with zero attached hydrogens (tertiary/aromatic N) is 1. The molecule has 1 aromatic carbocycles. The van der Waals surface area contributed by atoms with Crippen molar-refractivity contribution in [3.05, 3.63) is 34.3 Å². The predicted molar refractivity (Wildman–Crippen MR) is 78.7 cm³/mol. The van der Waals surface area contributed by atoms with E-state index in [-0.39, 0.29) is 0 Å². The third-order valence-corrected chi connectivity index (χ3v) is 5.12. The molecule has 0 aliphatic carbocycles. The summed E-state index contributed by atoms with van der Waals surface area (Å²) in [5.41, 5.74) is 1.67. The Balaban J connectivity index is 1.81. The van der Waals surface area contributed by atoms with E-state index in [4.69, 9.17) is 11.6 Å². The predicted octanol–water partition coefficient (Wildman–Crippen LogP) is 3.18. The maximum atomic E-state index is 11.0. The van der Waals surface area contributed by atoms with Crippen molar-refractivity contribution >= 4 is 11.6 Å². The zero-order valence-corrected chi connectivity index (χ0v) is 12.3. The van der Waals surface area contributed by atoms with Gasteiger partial charge in [0.15, 0.2) is 0 Å². The van der Waals surface area contributed by atoms with Gasteiger partial charge in [0.05, 0.1) is 5.60 Å². The minimum Gasteiger partial charge on any atom is -0.388 e. The topological polar surface area (TPSA) is 23.5 Å². The van der Waals surface area contributed by atoms with Gasteiger partial charge in [0.2, 0.25) is 0 Å². The summed E-state index contributed by atoms with van der Waals surface area (Å²) in [5, 5.41) is 11.8. The Bertz CT molecular complexity index is 476. The Hall–Kier alpha value is -0.570. The highest BCUT2D eigenvalue weighted by molar-refractivity contribution is 6.31. The summed E-state index contributed by atoms with van der Waals surface area (Å²) in [4.78, 5) is 2.46. The Kier molecular flexibility index (Phi) is 3.59. The monoisotopic (exact) mass is 279 g/mol. The summed E-state index contributed by atoms with van der Waals surface area (Å²) in [6, 6.07) is 6.48. The van der Waals surface area contributed by atoms with E-state index in [2.05, 4.69) is 17.0 Å². The average molecular weight is 280 g/mol. The molecule has 2 saturated heterocycles. The van der Waals surface area contributed by atoms with Crippen molar-refractivity contribution in [3.63, 3.8) is 0 Å². The van der Waals surface area contributed by atoms with Crippen LogP contribution < -0.4 is 0 Å². The van der Waals surface area contributed by atoms with Crippen molar-refractivity contribution in [1.82, 2.24) is 4.90 Å². The summed E-state index contributed by atoms with van der Waals surface area (Å²) < 4.78 is 0. The van der Waals surface area contributed by atoms with E-state index in [0.717, 1.165) is 36.5 Å². The summed E-state index contributed by atoms with van der Waals surface area (Å²) in [6.07, 6.45) is 5.21. The molecule has 0 amide bonds. The van der Waals surface area contributed by atoms with Crippen LogP contribution in [0.1, 0.15) is 36.8 Å². The van der Waals surface area contributed by atoms with Gasteiger partial charge in [-0.05, 0) is 49.9 Å². The Morgan fingerprint density at radius 3 is 3.00 bits per heavy atom. The summed E-state index contributed by atoms with van der Waals surface area (Å²) in [7, 11) is 0. The molecule has 0 saturated carbocycles. The largest absolute Gasteiger partial charge is 0.388 e. The highest BCUT2D eigenvalue weighted by Crippen LogP contribution is 2.38. The second kappa shape index (κ2) is 5.08. The van der Waals surface area contributed by atoms with Gasteiger partial charge in [-0.2, -0.15) is 0 Å². The molecule has 0 aromatic heterocycles. The summed E-state index contributed by atoms with van der Waals surface area (Å²) in [6.45, 7) is 4.22. The first-order valence-electron chi connectivity index (χ1n) is 7.30. The number of hydrogen-bond acceptors (Lipinski definition) is 2. The molecule has 2 unspecified atom stereocenters. The Labute approximate surface area is 120 Å². The first-order chi connectivity index (χ1) is 9.08. The van der Waals surface area contributed by atoms with Gasteiger partial charge in [-0.25, -0.2) is 0 Å². The molecule has 1 aromatic rings. The maximum Gasteiger partial charge on any atom is 0.0854 e. The lowest BCUT2D eigenvalue weighted by Gasteiger charge is -2.37. The van der Waals surface area contributed by atoms with Crippen LogP contribution >= 0.6 is 11.6 Å². The van der Waals surface area contributed by atoms with E-state index < -0.39 is 5.60 Å². The molecule has 2 fully saturated rings. The minimum atomic E-state index is -0.584. The molecular formula is C16H22ClNO. The van der Waals surface area contributed by atoms with Crippen molar-refractivity contribution in [2.75, 3.05) is 13.1 Å². The molecular weight excluding hydrogens is 258 g/mol. The maximum absolute atomic E-state index is 11.0. The second-order valence-electron chi connectivity index (χ2n) is 6.17. The molecule has 3 rings (SSSR count). The van der Waals surface area contributed by atoms with Gasteiger partial charge in [-0.15, -0.1) is 0 Å². The van der Waals surface area contributed by atoms with Gasteiger partial charge in [0.25, 0.3) is 0 Å². The summed E-state index contributed by atoms with van der Waals surface area (Å²) >= 11 is 6.32. The average Bonchev–Trinajstić information content (AvgIpc) is 2.72. The highest BCUT2D eigenvalue weighted by atomic mass is 35.5. The second-order valence-corrected chi connectivity index (χ2v) is 6.58. The van der Waals surface area contributed by atoms with Crippen LogP contribution in [-0.2, 0) is 6.42 Å². The van der Waals surface area contributed by atoms with Crippen LogP contribution in [0.3, 0.4) is 0 Å². The number of aryl methyl sites for hydroxylation is 1. The molecule has 19 heavy (non-hydrogen) atoms. The molecule has 2 aliphatic heterocycles. The number of halogens is 1. The fourth-order valence-corrected chi connectivity index (χ4v) is 4.00. The van der Waals surface area contributed by atoms with Crippen molar-refractivity contribution < 1.29 is 5.11 Å². The van der Waals surface area contributed by atoms with Crippen molar-refractivity contribution in [2.24, 2.45) is 0 Å². The van der Waals surface area contributed by atoms with Crippen molar-refractivity contribution in [3.8, 4) is 0 Å². The third kappa shape index (κ3) is 2.54. The van der Waals surface area contributed by atoms with Crippen LogP contribution in [0.4, 0.5) is 0 Å². The first kappa shape index (κ1) is 13.4. The molecule has 1 N–H and O–H groups in total. The van der Waals surface area contributed by atoms with Gasteiger partial charge in [0, 0.05) is 24.0 Å². The molecule has 0 spiro atoms. The number of piperidine rings is 1. The van der Waals surface area contributed by atoms with Crippen LogP contribution in [0.5, 0.6) is 0 Å². The highest BCUT2D eigenvalue weighted by Gasteiger charge is 2.46. The standard InChI is InChI=1S/C16H22ClNO/c1-12-5-6-13(14(17)10-12)11-16(19)7-9-18-8-3-2-4-15(16)18/h5-6,10,15,19H,2-4,7-9,11H2,1H3. The van der Waals surface area contributed by atoms with Crippen LogP contribution in [0.15, 0.2) is 18.2 Å². The molecule has 2 aliphatic rings. The SMILES string of the molecule is Cc1ccc(CC2(O)CCN3CCCCC32)c(Cl)c1. The lowest BCUT2D eigenvalue weighted by Crippen LogP contribution is -2.48. The quantitative estimate of drug-likeness (QED) is 0.899. The Morgan fingerprint density at radius 1 is 1.37 bits per heavy atom.